The topological polar surface area (TPSA) is 110 Å². The van der Waals surface area contributed by atoms with E-state index in [-0.39, 0.29) is 25.2 Å². The Labute approximate surface area is 283 Å². The Hall–Kier alpha value is -4.96. The first-order chi connectivity index (χ1) is 23.6. The van der Waals surface area contributed by atoms with Crippen LogP contribution in [0, 0.1) is 0 Å². The van der Waals surface area contributed by atoms with Crippen molar-refractivity contribution in [3.05, 3.63) is 169 Å². The maximum atomic E-state index is 14.0. The highest BCUT2D eigenvalue weighted by Gasteiger charge is 2.31. The number of carbonyl (C=O) groups excluding carboxylic acids is 2. The number of hydrogen-bond donors (Lipinski definition) is 4. The van der Waals surface area contributed by atoms with Crippen molar-refractivity contribution in [1.82, 2.24) is 10.6 Å². The van der Waals surface area contributed by atoms with E-state index >= 15 is 0 Å². The number of nitrogens with one attached hydrogen (secondary N) is 2. The summed E-state index contributed by atoms with van der Waals surface area (Å²) in [6.45, 7) is -0.0604. The summed E-state index contributed by atoms with van der Waals surface area (Å²) in [5, 5.41) is 12.1. The molecule has 0 aliphatic carbocycles. The van der Waals surface area contributed by atoms with Gasteiger partial charge in [0.1, 0.15) is 0 Å². The molecule has 6 rings (SSSR count). The maximum Gasteiger partial charge on any atom is 0.252 e. The van der Waals surface area contributed by atoms with E-state index in [1.807, 2.05) is 97.1 Å². The van der Waals surface area contributed by atoms with E-state index in [0.29, 0.717) is 22.3 Å². The average molecular weight is 667 g/mol. The molecule has 6 aromatic carbocycles. The molecule has 0 aromatic heterocycles. The Morgan fingerprint density at radius 3 is 0.979 bits per heavy atom. The van der Waals surface area contributed by atoms with Crippen LogP contribution in [0.5, 0.6) is 0 Å². The molecule has 0 aliphatic heterocycles. The fourth-order valence-corrected chi connectivity index (χ4v) is 10.9. The van der Waals surface area contributed by atoms with E-state index in [1.54, 1.807) is 0 Å². The maximum absolute atomic E-state index is 14.0. The van der Waals surface area contributed by atoms with Gasteiger partial charge in [-0.15, -0.1) is 0 Å². The average Bonchev–Trinajstić information content (AvgIpc) is 3.14. The van der Waals surface area contributed by atoms with Crippen LogP contribution < -0.4 is 53.9 Å². The van der Waals surface area contributed by atoms with Crippen LogP contribution in [0.3, 0.4) is 0 Å². The highest BCUT2D eigenvalue weighted by molar-refractivity contribution is 7.80. The molecule has 0 bridgehead atoms. The number of amides is 2. The minimum Gasteiger partial charge on any atom is -0.340 e. The van der Waals surface area contributed by atoms with E-state index in [0.717, 1.165) is 31.8 Å². The van der Waals surface area contributed by atoms with Crippen LogP contribution >= 0.6 is 15.8 Å². The van der Waals surface area contributed by atoms with E-state index in [1.165, 1.54) is 0 Å². The summed E-state index contributed by atoms with van der Waals surface area (Å²) >= 11 is 0. The summed E-state index contributed by atoms with van der Waals surface area (Å²) in [5.74, 6) is -0.622. The number of nitrogens with two attached hydrogens (primary N) is 2. The van der Waals surface area contributed by atoms with Crippen molar-refractivity contribution in [1.29, 1.82) is 0 Å². The van der Waals surface area contributed by atoms with Crippen molar-refractivity contribution in [2.24, 2.45) is 11.5 Å². The zero-order chi connectivity index (χ0) is 33.3. The molecule has 0 atom stereocenters. The molecule has 0 radical (unpaired) electrons. The van der Waals surface area contributed by atoms with Crippen LogP contribution in [0.15, 0.2) is 158 Å². The predicted molar refractivity (Wildman–Crippen MR) is 202 cm³/mol. The predicted octanol–water partition coefficient (Wildman–Crippen LogP) is 4.16. The minimum absolute atomic E-state index is 0.0302. The second kappa shape index (κ2) is 15.8. The molecule has 8 heteroatoms. The molecular formula is C40H36N4O2P2. The summed E-state index contributed by atoms with van der Waals surface area (Å²) < 4.78 is 0. The van der Waals surface area contributed by atoms with Gasteiger partial charge in [0.05, 0.1) is 13.3 Å². The number of carbonyl (C=O) groups is 2. The van der Waals surface area contributed by atoms with Gasteiger partial charge in [-0.2, -0.15) is 0 Å². The smallest absolute Gasteiger partial charge is 0.252 e. The minimum atomic E-state index is -1.18. The van der Waals surface area contributed by atoms with Gasteiger partial charge in [0.25, 0.3) is 11.8 Å². The normalized spacial score (nSPS) is 11.0. The summed E-state index contributed by atoms with van der Waals surface area (Å²) in [4.78, 5) is 28.0. The lowest BCUT2D eigenvalue weighted by molar-refractivity contribution is 0.0945. The Bertz CT molecular complexity index is 1770. The van der Waals surface area contributed by atoms with Crippen LogP contribution in [0.4, 0.5) is 0 Å². The number of hydrogen-bond acceptors (Lipinski definition) is 4. The molecule has 0 saturated heterocycles. The van der Waals surface area contributed by atoms with Crippen molar-refractivity contribution < 1.29 is 9.59 Å². The van der Waals surface area contributed by atoms with Crippen molar-refractivity contribution in [3.8, 4) is 11.1 Å². The van der Waals surface area contributed by atoms with Crippen LogP contribution in [-0.4, -0.2) is 25.2 Å². The Kier molecular flexibility index (Phi) is 10.8. The van der Waals surface area contributed by atoms with E-state index in [4.69, 9.17) is 11.5 Å². The van der Waals surface area contributed by atoms with Gasteiger partial charge in [0.15, 0.2) is 0 Å². The van der Waals surface area contributed by atoms with Crippen molar-refractivity contribution >= 4 is 59.5 Å². The summed E-state index contributed by atoms with van der Waals surface area (Å²) in [6, 6.07) is 53.0. The van der Waals surface area contributed by atoms with Gasteiger partial charge in [-0.05, 0) is 59.8 Å². The summed E-state index contributed by atoms with van der Waals surface area (Å²) in [7, 11) is -2.36. The zero-order valence-corrected chi connectivity index (χ0v) is 28.1. The lowest BCUT2D eigenvalue weighted by atomic mass is 9.94. The highest BCUT2D eigenvalue weighted by Crippen LogP contribution is 2.43. The summed E-state index contributed by atoms with van der Waals surface area (Å²) in [5.41, 5.74) is 14.1. The first-order valence-corrected chi connectivity index (χ1v) is 18.3. The van der Waals surface area contributed by atoms with E-state index in [2.05, 4.69) is 71.3 Å². The molecule has 6 aromatic rings. The van der Waals surface area contributed by atoms with Gasteiger partial charge < -0.3 is 22.1 Å². The van der Waals surface area contributed by atoms with E-state index < -0.39 is 15.8 Å². The third kappa shape index (κ3) is 6.99. The van der Waals surface area contributed by atoms with Crippen LogP contribution in [0.1, 0.15) is 20.7 Å². The van der Waals surface area contributed by atoms with Gasteiger partial charge in [-0.25, -0.2) is 0 Å². The molecule has 6 N–H and O–H groups in total. The molecule has 0 aliphatic rings. The van der Waals surface area contributed by atoms with Gasteiger partial charge >= 0.3 is 0 Å². The second-order valence-corrected chi connectivity index (χ2v) is 15.2. The van der Waals surface area contributed by atoms with Gasteiger partial charge in [0, 0.05) is 22.3 Å². The largest absolute Gasteiger partial charge is 0.340 e. The molecule has 6 nitrogen and oxygen atoms in total. The molecule has 2 amide bonds. The highest BCUT2D eigenvalue weighted by atomic mass is 31.1. The lowest BCUT2D eigenvalue weighted by Crippen LogP contribution is -2.34. The molecule has 238 valence electrons. The first kappa shape index (κ1) is 33.0. The number of benzene rings is 6. The van der Waals surface area contributed by atoms with Crippen molar-refractivity contribution in [3.63, 3.8) is 0 Å². The molecule has 0 heterocycles. The fourth-order valence-electron chi connectivity index (χ4n) is 5.90. The zero-order valence-electron chi connectivity index (χ0n) is 26.3. The Morgan fingerprint density at radius 1 is 0.417 bits per heavy atom. The molecule has 48 heavy (non-hydrogen) atoms. The monoisotopic (exact) mass is 666 g/mol. The van der Waals surface area contributed by atoms with Crippen LogP contribution in [-0.2, 0) is 0 Å². The summed E-state index contributed by atoms with van der Waals surface area (Å²) in [6.07, 6.45) is 0. The number of rotatable bonds is 11. The third-order valence-corrected chi connectivity index (χ3v) is 12.9. The fraction of sp³-hybridized carbons (Fsp3) is 0.0500. The van der Waals surface area contributed by atoms with Gasteiger partial charge in [-0.1, -0.05) is 146 Å². The molecule has 0 unspecified atom stereocenters. The molecule has 0 spiro atoms. The van der Waals surface area contributed by atoms with Crippen LogP contribution in [0.2, 0.25) is 0 Å². The van der Waals surface area contributed by atoms with Crippen molar-refractivity contribution in [2.75, 3.05) is 13.3 Å². The quantitative estimate of drug-likeness (QED) is 0.123. The first-order valence-electron chi connectivity index (χ1n) is 15.7. The van der Waals surface area contributed by atoms with Crippen LogP contribution in [0.25, 0.3) is 11.1 Å². The van der Waals surface area contributed by atoms with Gasteiger partial charge in [-0.3, -0.25) is 9.59 Å². The van der Waals surface area contributed by atoms with E-state index in [9.17, 15) is 9.59 Å². The molecule has 0 fully saturated rings. The Balaban J connectivity index is 1.76. The second-order valence-electron chi connectivity index (χ2n) is 10.8. The standard InChI is InChI=1S/C40H36N4O2P2/c41-27-43-39(45)33-23-13-25-35(47(29-15-5-1-6-16-29)30-17-7-2-8-18-30)37(33)38-34(40(46)44-28-42)24-14-26-36(38)48(31-19-9-3-10-20-31)32-21-11-4-12-22-32/h1-26H,27-28,41-42H2,(H,43,45)(H,44,46). The molecular weight excluding hydrogens is 630 g/mol. The molecule has 0 saturated carbocycles. The third-order valence-electron chi connectivity index (χ3n) is 7.89. The SMILES string of the molecule is NCNC(=O)c1cccc(P(c2ccccc2)c2ccccc2)c1-c1c(C(=O)NCN)cccc1P(c1ccccc1)c1ccccc1. The van der Waals surface area contributed by atoms with Gasteiger partial charge in [0.2, 0.25) is 0 Å². The lowest BCUT2D eigenvalue weighted by Gasteiger charge is -2.29. The Morgan fingerprint density at radius 2 is 0.708 bits per heavy atom. The van der Waals surface area contributed by atoms with Crippen molar-refractivity contribution in [2.45, 2.75) is 0 Å².